The summed E-state index contributed by atoms with van der Waals surface area (Å²) in [5, 5.41) is 3.64. The highest BCUT2D eigenvalue weighted by Crippen LogP contribution is 2.31. The third-order valence-corrected chi connectivity index (χ3v) is 4.78. The maximum atomic E-state index is 12.2. The van der Waals surface area contributed by atoms with Gasteiger partial charge in [-0.3, -0.25) is 4.79 Å². The number of amides is 1. The van der Waals surface area contributed by atoms with Crippen LogP contribution in [0.2, 0.25) is 5.02 Å². The molecule has 6 heteroatoms. The number of carbonyl (C=O) groups excluding carboxylic acids is 1. The van der Waals surface area contributed by atoms with Crippen LogP contribution in [0.3, 0.4) is 0 Å². The van der Waals surface area contributed by atoms with E-state index in [1.807, 2.05) is 36.4 Å². The molecule has 25 heavy (non-hydrogen) atoms. The van der Waals surface area contributed by atoms with Crippen molar-refractivity contribution in [1.29, 1.82) is 0 Å². The van der Waals surface area contributed by atoms with E-state index in [1.54, 1.807) is 6.07 Å². The third-order valence-electron chi connectivity index (χ3n) is 3.99. The minimum Gasteiger partial charge on any atom is -0.493 e. The van der Waals surface area contributed by atoms with Gasteiger partial charge in [0.1, 0.15) is 11.5 Å². The molecule has 0 radical (unpaired) electrons. The Morgan fingerprint density at radius 2 is 2.16 bits per heavy atom. The molecule has 2 aromatic rings. The molecule has 0 saturated carbocycles. The van der Waals surface area contributed by atoms with Crippen molar-refractivity contribution in [2.75, 3.05) is 13.2 Å². The fraction of sp³-hybridized carbons (Fsp3) is 0.316. The summed E-state index contributed by atoms with van der Waals surface area (Å²) in [6.07, 6.45) is 1.82. The summed E-state index contributed by atoms with van der Waals surface area (Å²) >= 11 is 9.46. The van der Waals surface area contributed by atoms with E-state index in [1.165, 1.54) is 0 Å². The van der Waals surface area contributed by atoms with Gasteiger partial charge in [0.2, 0.25) is 5.91 Å². The first-order valence-corrected chi connectivity index (χ1v) is 9.39. The monoisotopic (exact) mass is 423 g/mol. The van der Waals surface area contributed by atoms with E-state index in [0.29, 0.717) is 36.8 Å². The Kier molecular flexibility index (Phi) is 6.21. The lowest BCUT2D eigenvalue weighted by molar-refractivity contribution is -0.122. The van der Waals surface area contributed by atoms with E-state index in [-0.39, 0.29) is 11.9 Å². The number of hydrogen-bond acceptors (Lipinski definition) is 3. The summed E-state index contributed by atoms with van der Waals surface area (Å²) in [4.78, 5) is 12.2. The van der Waals surface area contributed by atoms with E-state index in [2.05, 4.69) is 21.2 Å². The number of halogens is 2. The SMILES string of the molecule is O=C(CCCOc1ccc(Br)cc1Cl)NC1CCOc2ccccc21. The van der Waals surface area contributed by atoms with Crippen molar-refractivity contribution < 1.29 is 14.3 Å². The van der Waals surface area contributed by atoms with Crippen molar-refractivity contribution in [3.8, 4) is 11.5 Å². The van der Waals surface area contributed by atoms with Crippen molar-refractivity contribution in [1.82, 2.24) is 5.32 Å². The standard InChI is InChI=1S/C19H19BrClNO3/c20-13-7-8-18(15(21)12-13)24-10-3-6-19(23)22-16-9-11-25-17-5-2-1-4-14(16)17/h1-2,4-5,7-8,12,16H,3,6,9-11H2,(H,22,23). The van der Waals surface area contributed by atoms with Gasteiger partial charge in [-0.1, -0.05) is 45.7 Å². The van der Waals surface area contributed by atoms with Crippen molar-refractivity contribution >= 4 is 33.4 Å². The lowest BCUT2D eigenvalue weighted by Crippen LogP contribution is -2.32. The molecule has 1 aliphatic heterocycles. The molecule has 0 aliphatic carbocycles. The highest BCUT2D eigenvalue weighted by molar-refractivity contribution is 9.10. The molecular formula is C19H19BrClNO3. The molecule has 0 aromatic heterocycles. The van der Waals surface area contributed by atoms with Crippen LogP contribution in [0, 0.1) is 0 Å². The molecule has 1 heterocycles. The topological polar surface area (TPSA) is 47.6 Å². The number of rotatable bonds is 6. The molecule has 1 atom stereocenters. The van der Waals surface area contributed by atoms with Gasteiger partial charge >= 0.3 is 0 Å². The van der Waals surface area contributed by atoms with E-state index < -0.39 is 0 Å². The molecule has 4 nitrogen and oxygen atoms in total. The van der Waals surface area contributed by atoms with Gasteiger partial charge in [-0.05, 0) is 30.7 Å². The largest absolute Gasteiger partial charge is 0.493 e. The zero-order valence-electron chi connectivity index (χ0n) is 13.6. The number of benzene rings is 2. The second-order valence-corrected chi connectivity index (χ2v) is 7.14. The molecule has 0 fully saturated rings. The van der Waals surface area contributed by atoms with Crippen LogP contribution in [0.15, 0.2) is 46.9 Å². The third kappa shape index (κ3) is 4.89. The molecule has 1 N–H and O–H groups in total. The smallest absolute Gasteiger partial charge is 0.220 e. The van der Waals surface area contributed by atoms with Gasteiger partial charge in [0.15, 0.2) is 0 Å². The molecule has 0 bridgehead atoms. The van der Waals surface area contributed by atoms with Crippen molar-refractivity contribution in [3.63, 3.8) is 0 Å². The Hall–Kier alpha value is -1.72. The molecular weight excluding hydrogens is 406 g/mol. The molecule has 132 valence electrons. The highest BCUT2D eigenvalue weighted by atomic mass is 79.9. The van der Waals surface area contributed by atoms with E-state index in [0.717, 1.165) is 22.2 Å². The Balaban J connectivity index is 1.44. The quantitative estimate of drug-likeness (QED) is 0.671. The Labute approximate surface area is 160 Å². The zero-order valence-corrected chi connectivity index (χ0v) is 16.0. The fourth-order valence-corrected chi connectivity index (χ4v) is 3.49. The second kappa shape index (κ2) is 8.59. The maximum absolute atomic E-state index is 12.2. The Bertz CT molecular complexity index is 753. The summed E-state index contributed by atoms with van der Waals surface area (Å²) in [6.45, 7) is 1.06. The maximum Gasteiger partial charge on any atom is 0.220 e. The summed E-state index contributed by atoms with van der Waals surface area (Å²) in [5.74, 6) is 1.50. The number of hydrogen-bond donors (Lipinski definition) is 1. The van der Waals surface area contributed by atoms with Gasteiger partial charge in [0.25, 0.3) is 0 Å². The number of nitrogens with one attached hydrogen (secondary N) is 1. The van der Waals surface area contributed by atoms with Gasteiger partial charge in [0, 0.05) is 22.9 Å². The van der Waals surface area contributed by atoms with Crippen LogP contribution >= 0.6 is 27.5 Å². The molecule has 2 aromatic carbocycles. The number of para-hydroxylation sites is 1. The van der Waals surface area contributed by atoms with E-state index in [9.17, 15) is 4.79 Å². The summed E-state index contributed by atoms with van der Waals surface area (Å²) in [5.41, 5.74) is 1.04. The summed E-state index contributed by atoms with van der Waals surface area (Å²) in [7, 11) is 0. The predicted molar refractivity (Wildman–Crippen MR) is 101 cm³/mol. The molecule has 3 rings (SSSR count). The minimum atomic E-state index is 0.0132. The van der Waals surface area contributed by atoms with Gasteiger partial charge in [0.05, 0.1) is 24.3 Å². The van der Waals surface area contributed by atoms with Crippen molar-refractivity contribution in [2.24, 2.45) is 0 Å². The van der Waals surface area contributed by atoms with Gasteiger partial charge in [-0.2, -0.15) is 0 Å². The minimum absolute atomic E-state index is 0.0132. The molecule has 0 saturated heterocycles. The van der Waals surface area contributed by atoms with Crippen LogP contribution in [0.1, 0.15) is 30.9 Å². The first-order valence-electron chi connectivity index (χ1n) is 8.22. The van der Waals surface area contributed by atoms with Crippen LogP contribution < -0.4 is 14.8 Å². The zero-order chi connectivity index (χ0) is 17.6. The van der Waals surface area contributed by atoms with Crippen molar-refractivity contribution in [3.05, 3.63) is 57.5 Å². The van der Waals surface area contributed by atoms with Gasteiger partial charge < -0.3 is 14.8 Å². The van der Waals surface area contributed by atoms with Crippen LogP contribution in [0.5, 0.6) is 11.5 Å². The fourth-order valence-electron chi connectivity index (χ4n) is 2.77. The number of carbonyl (C=O) groups is 1. The Morgan fingerprint density at radius 3 is 3.00 bits per heavy atom. The lowest BCUT2D eigenvalue weighted by atomic mass is 10.0. The van der Waals surface area contributed by atoms with Crippen LogP contribution in [0.4, 0.5) is 0 Å². The van der Waals surface area contributed by atoms with E-state index in [4.69, 9.17) is 21.1 Å². The number of fused-ring (bicyclic) bond motifs is 1. The molecule has 1 aliphatic rings. The normalized spacial score (nSPS) is 15.8. The first-order chi connectivity index (χ1) is 12.1. The van der Waals surface area contributed by atoms with Crippen molar-refractivity contribution in [2.45, 2.75) is 25.3 Å². The van der Waals surface area contributed by atoms with Crippen LogP contribution in [0.25, 0.3) is 0 Å². The molecule has 1 amide bonds. The van der Waals surface area contributed by atoms with Gasteiger partial charge in [-0.25, -0.2) is 0 Å². The number of ether oxygens (including phenoxy) is 2. The molecule has 1 unspecified atom stereocenters. The first kappa shape index (κ1) is 18.1. The lowest BCUT2D eigenvalue weighted by Gasteiger charge is -2.26. The van der Waals surface area contributed by atoms with Gasteiger partial charge in [-0.15, -0.1) is 0 Å². The molecule has 0 spiro atoms. The summed E-state index contributed by atoms with van der Waals surface area (Å²) < 4.78 is 12.2. The summed E-state index contributed by atoms with van der Waals surface area (Å²) in [6, 6.07) is 13.3. The average Bonchev–Trinajstić information content (AvgIpc) is 2.60. The van der Waals surface area contributed by atoms with Crippen LogP contribution in [-0.4, -0.2) is 19.1 Å². The predicted octanol–water partition coefficient (Wildman–Crippen LogP) is 4.90. The Morgan fingerprint density at radius 1 is 1.32 bits per heavy atom. The van der Waals surface area contributed by atoms with E-state index >= 15 is 0 Å². The van der Waals surface area contributed by atoms with Crippen LogP contribution in [-0.2, 0) is 4.79 Å². The second-order valence-electron chi connectivity index (χ2n) is 5.82. The average molecular weight is 425 g/mol. The highest BCUT2D eigenvalue weighted by Gasteiger charge is 2.22.